The average molecular weight is 259 g/mol. The van der Waals surface area contributed by atoms with Crippen LogP contribution in [0.5, 0.6) is 0 Å². The number of para-hydroxylation sites is 1. The summed E-state index contributed by atoms with van der Waals surface area (Å²) >= 11 is 1.62. The molecule has 18 heavy (non-hydrogen) atoms. The van der Waals surface area contributed by atoms with Crippen LogP contribution in [0.15, 0.2) is 47.6 Å². The maximum absolute atomic E-state index is 11.5. The highest BCUT2D eigenvalue weighted by Gasteiger charge is 1.98. The molecule has 0 unspecified atom stereocenters. The predicted molar refractivity (Wildman–Crippen MR) is 75.2 cm³/mol. The second kappa shape index (κ2) is 5.97. The summed E-state index contributed by atoms with van der Waals surface area (Å²) in [6.07, 6.45) is 1.63. The summed E-state index contributed by atoms with van der Waals surface area (Å²) in [4.78, 5) is 13.7. The molecule has 2 rings (SSSR count). The Hall–Kier alpha value is -2.14. The van der Waals surface area contributed by atoms with Gasteiger partial charge in [-0.05, 0) is 31.2 Å². The van der Waals surface area contributed by atoms with E-state index >= 15 is 0 Å². The number of benzene rings is 1. The quantitative estimate of drug-likeness (QED) is 0.645. The van der Waals surface area contributed by atoms with Crippen LogP contribution in [0, 0.1) is 6.92 Å². The Balaban J connectivity index is 1.83. The number of hydrogen-bond acceptors (Lipinski definition) is 3. The van der Waals surface area contributed by atoms with E-state index in [4.69, 9.17) is 0 Å². The van der Waals surface area contributed by atoms with E-state index in [0.29, 0.717) is 0 Å². The predicted octanol–water partition coefficient (Wildman–Crippen LogP) is 3.21. The lowest BCUT2D eigenvalue weighted by atomic mass is 10.3. The van der Waals surface area contributed by atoms with Gasteiger partial charge in [0.15, 0.2) is 0 Å². The van der Waals surface area contributed by atoms with Crippen molar-refractivity contribution in [2.24, 2.45) is 5.10 Å². The largest absolute Gasteiger partial charge is 0.339 e. The summed E-state index contributed by atoms with van der Waals surface area (Å²) in [6.45, 7) is 2.03. The molecule has 1 aromatic heterocycles. The van der Waals surface area contributed by atoms with Crippen molar-refractivity contribution in [3.8, 4) is 0 Å². The zero-order valence-electron chi connectivity index (χ0n) is 9.88. The van der Waals surface area contributed by atoms with Crippen molar-refractivity contribution in [3.05, 3.63) is 52.2 Å². The Labute approximate surface area is 109 Å². The van der Waals surface area contributed by atoms with Crippen molar-refractivity contribution in [2.45, 2.75) is 6.92 Å². The molecular weight excluding hydrogens is 246 g/mol. The monoisotopic (exact) mass is 259 g/mol. The van der Waals surface area contributed by atoms with Gasteiger partial charge in [-0.25, -0.2) is 10.2 Å². The number of carbonyl (C=O) groups is 1. The summed E-state index contributed by atoms with van der Waals surface area (Å²) in [5, 5.41) is 6.55. The van der Waals surface area contributed by atoms with Gasteiger partial charge in [-0.3, -0.25) is 0 Å². The third-order valence-corrected chi connectivity index (χ3v) is 3.09. The van der Waals surface area contributed by atoms with Gasteiger partial charge in [-0.2, -0.15) is 5.10 Å². The molecule has 0 saturated carbocycles. The van der Waals surface area contributed by atoms with Crippen molar-refractivity contribution in [2.75, 3.05) is 5.32 Å². The Morgan fingerprint density at radius 1 is 1.22 bits per heavy atom. The second-order valence-corrected chi connectivity index (χ2v) is 4.96. The van der Waals surface area contributed by atoms with E-state index in [9.17, 15) is 4.79 Å². The van der Waals surface area contributed by atoms with Crippen LogP contribution in [0.1, 0.15) is 9.75 Å². The number of anilines is 1. The maximum Gasteiger partial charge on any atom is 0.339 e. The zero-order chi connectivity index (χ0) is 12.8. The molecule has 0 fully saturated rings. The molecular formula is C13H13N3OS. The Bertz CT molecular complexity index is 548. The molecule has 1 heterocycles. The van der Waals surface area contributed by atoms with Crippen LogP contribution in [-0.4, -0.2) is 12.2 Å². The highest BCUT2D eigenvalue weighted by molar-refractivity contribution is 7.13. The van der Waals surface area contributed by atoms with Gasteiger partial charge in [0.1, 0.15) is 0 Å². The third-order valence-electron chi connectivity index (χ3n) is 2.15. The first-order valence-corrected chi connectivity index (χ1v) is 6.27. The topological polar surface area (TPSA) is 53.5 Å². The van der Waals surface area contributed by atoms with Gasteiger partial charge < -0.3 is 5.32 Å². The fourth-order valence-corrected chi connectivity index (χ4v) is 2.11. The van der Waals surface area contributed by atoms with Crippen LogP contribution in [-0.2, 0) is 0 Å². The molecule has 0 aliphatic carbocycles. The van der Waals surface area contributed by atoms with E-state index in [-0.39, 0.29) is 6.03 Å². The zero-order valence-corrected chi connectivity index (χ0v) is 10.7. The van der Waals surface area contributed by atoms with Gasteiger partial charge in [0.2, 0.25) is 0 Å². The van der Waals surface area contributed by atoms with Gasteiger partial charge in [0.25, 0.3) is 0 Å². The summed E-state index contributed by atoms with van der Waals surface area (Å²) in [6, 6.07) is 12.8. The smallest absolute Gasteiger partial charge is 0.307 e. The van der Waals surface area contributed by atoms with E-state index in [1.807, 2.05) is 49.4 Å². The molecule has 2 aromatic rings. The summed E-state index contributed by atoms with van der Waals surface area (Å²) < 4.78 is 0. The summed E-state index contributed by atoms with van der Waals surface area (Å²) in [5.74, 6) is 0. The molecule has 0 aliphatic heterocycles. The number of nitrogens with zero attached hydrogens (tertiary/aromatic N) is 1. The SMILES string of the molecule is Cc1ccc(/C=N/NC(=O)Nc2ccccc2)s1. The van der Waals surface area contributed by atoms with Crippen molar-refractivity contribution in [1.82, 2.24) is 5.43 Å². The number of amides is 2. The molecule has 0 spiro atoms. The molecule has 5 heteroatoms. The Kier molecular flexibility index (Phi) is 4.09. The molecule has 1 aromatic carbocycles. The van der Waals surface area contributed by atoms with Crippen molar-refractivity contribution in [3.63, 3.8) is 0 Å². The van der Waals surface area contributed by atoms with Gasteiger partial charge in [-0.1, -0.05) is 18.2 Å². The number of urea groups is 1. The molecule has 0 aliphatic rings. The van der Waals surface area contributed by atoms with Crippen LogP contribution in [0.3, 0.4) is 0 Å². The van der Waals surface area contributed by atoms with Crippen LogP contribution in [0.25, 0.3) is 0 Å². The fraction of sp³-hybridized carbons (Fsp3) is 0.0769. The number of thiophene rings is 1. The first-order chi connectivity index (χ1) is 8.74. The van der Waals surface area contributed by atoms with E-state index in [1.54, 1.807) is 17.6 Å². The van der Waals surface area contributed by atoms with Gasteiger partial charge in [0.05, 0.1) is 6.21 Å². The van der Waals surface area contributed by atoms with Crippen molar-refractivity contribution >= 4 is 29.3 Å². The highest BCUT2D eigenvalue weighted by atomic mass is 32.1. The lowest BCUT2D eigenvalue weighted by Gasteiger charge is -2.02. The first-order valence-electron chi connectivity index (χ1n) is 5.45. The maximum atomic E-state index is 11.5. The number of nitrogens with one attached hydrogen (secondary N) is 2. The summed E-state index contributed by atoms with van der Waals surface area (Å²) in [5.41, 5.74) is 3.15. The minimum atomic E-state index is -0.356. The minimum absolute atomic E-state index is 0.356. The van der Waals surface area contributed by atoms with E-state index in [1.165, 1.54) is 4.88 Å². The minimum Gasteiger partial charge on any atom is -0.307 e. The van der Waals surface area contributed by atoms with Crippen LogP contribution >= 0.6 is 11.3 Å². The molecule has 0 bridgehead atoms. The molecule has 2 amide bonds. The number of carbonyl (C=O) groups excluding carboxylic acids is 1. The van der Waals surface area contributed by atoms with Crippen LogP contribution in [0.2, 0.25) is 0 Å². The molecule has 92 valence electrons. The van der Waals surface area contributed by atoms with E-state index < -0.39 is 0 Å². The fourth-order valence-electron chi connectivity index (χ4n) is 1.36. The Morgan fingerprint density at radius 2 is 2.00 bits per heavy atom. The van der Waals surface area contributed by atoms with Gasteiger partial charge in [-0.15, -0.1) is 11.3 Å². The van der Waals surface area contributed by atoms with Crippen LogP contribution < -0.4 is 10.7 Å². The highest BCUT2D eigenvalue weighted by Crippen LogP contribution is 2.12. The molecule has 0 atom stereocenters. The summed E-state index contributed by atoms with van der Waals surface area (Å²) in [7, 11) is 0. The number of hydrogen-bond donors (Lipinski definition) is 2. The van der Waals surface area contributed by atoms with Gasteiger partial charge in [0, 0.05) is 15.4 Å². The van der Waals surface area contributed by atoms with Crippen molar-refractivity contribution < 1.29 is 4.79 Å². The normalized spacial score (nSPS) is 10.5. The molecule has 2 N–H and O–H groups in total. The number of rotatable bonds is 3. The second-order valence-electron chi connectivity index (χ2n) is 3.64. The molecule has 0 radical (unpaired) electrons. The number of aryl methyl sites for hydroxylation is 1. The van der Waals surface area contributed by atoms with Crippen molar-refractivity contribution in [1.29, 1.82) is 0 Å². The van der Waals surface area contributed by atoms with Gasteiger partial charge >= 0.3 is 6.03 Å². The van der Waals surface area contributed by atoms with E-state index in [2.05, 4.69) is 15.8 Å². The lowest BCUT2D eigenvalue weighted by Crippen LogP contribution is -2.24. The van der Waals surface area contributed by atoms with Crippen LogP contribution in [0.4, 0.5) is 10.5 Å². The average Bonchev–Trinajstić information content (AvgIpc) is 2.76. The number of hydrazone groups is 1. The molecule has 4 nitrogen and oxygen atoms in total. The standard InChI is InChI=1S/C13H13N3OS/c1-10-7-8-12(18-10)9-14-16-13(17)15-11-5-3-2-4-6-11/h2-9H,1H3,(H2,15,16,17)/b14-9+. The first kappa shape index (κ1) is 12.3. The molecule has 0 saturated heterocycles. The lowest BCUT2D eigenvalue weighted by molar-refractivity contribution is 0.252. The third kappa shape index (κ3) is 3.71. The van der Waals surface area contributed by atoms with E-state index in [0.717, 1.165) is 10.6 Å². The Morgan fingerprint density at radius 3 is 2.67 bits per heavy atom.